The van der Waals surface area contributed by atoms with Gasteiger partial charge in [-0.05, 0) is 77.8 Å². The van der Waals surface area contributed by atoms with Gasteiger partial charge in [0, 0.05) is 68.9 Å². The molecule has 2 aromatic heterocycles. The summed E-state index contributed by atoms with van der Waals surface area (Å²) >= 11 is 0. The van der Waals surface area contributed by atoms with Crippen molar-refractivity contribution in [3.05, 3.63) is 95.3 Å². The number of hydrogen-bond acceptors (Lipinski definition) is 16. The number of aliphatic hydroxyl groups is 1. The molecule has 4 heterocycles. The second-order valence-corrected chi connectivity index (χ2v) is 17.3. The quantitative estimate of drug-likeness (QED) is 0.0175. The standard InChI is InChI=1S/C49H71N11O6/c1-5-17-41(37(2)35-61)51-25-13-8-6-7-9-14-26-52-43(63)34-60-30-28-59(29-31-60)27-16-24-50-33-44-57-58-47(65-44)40-32-53-48(54-39-20-15-21-45(64)66-49(3,4)23-22-39)56-46(40)55-42(36-62)38-18-11-10-12-19-38/h5,10-12,15,17-20,22,32,35,42,50-51,62H,6-9,13-14,16,21,23-31,33-34,36H2,1-4H3,(H,52,63)(H2,53,54,55,56)/b17-5-,20-15-,39-22+,41-37-/t42-/m1/s1. The number of cyclic esters (lactones) is 1. The van der Waals surface area contributed by atoms with Crippen molar-refractivity contribution in [3.8, 4) is 11.5 Å². The van der Waals surface area contributed by atoms with Gasteiger partial charge < -0.3 is 45.7 Å². The van der Waals surface area contributed by atoms with E-state index in [-0.39, 0.29) is 30.8 Å². The van der Waals surface area contributed by atoms with Crippen LogP contribution in [0.25, 0.3) is 11.5 Å². The molecule has 17 nitrogen and oxygen atoms in total. The van der Waals surface area contributed by atoms with Crippen molar-refractivity contribution in [1.29, 1.82) is 0 Å². The van der Waals surface area contributed by atoms with Crippen LogP contribution in [0.2, 0.25) is 0 Å². The predicted molar refractivity (Wildman–Crippen MR) is 257 cm³/mol. The van der Waals surface area contributed by atoms with E-state index in [9.17, 15) is 19.5 Å². The first kappa shape index (κ1) is 51.2. The maximum Gasteiger partial charge on any atom is 0.310 e. The Labute approximate surface area is 390 Å². The molecule has 1 aromatic carbocycles. The highest BCUT2D eigenvalue weighted by Gasteiger charge is 2.24. The van der Waals surface area contributed by atoms with Crippen LogP contribution >= 0.6 is 0 Å². The molecule has 66 heavy (non-hydrogen) atoms. The number of carbonyl (C=O) groups excluding carboxylic acids is 3. The van der Waals surface area contributed by atoms with Gasteiger partial charge in [-0.2, -0.15) is 4.98 Å². The number of nitrogens with one attached hydrogen (secondary N) is 5. The number of carbonyl (C=O) groups is 3. The van der Waals surface area contributed by atoms with Crippen LogP contribution in [0, 0.1) is 0 Å². The Kier molecular flexibility index (Phi) is 21.5. The van der Waals surface area contributed by atoms with Crippen LogP contribution in [0.15, 0.2) is 88.3 Å². The first-order chi connectivity index (χ1) is 32.0. The smallest absolute Gasteiger partial charge is 0.310 e. The number of anilines is 2. The van der Waals surface area contributed by atoms with Crippen LogP contribution in [0.4, 0.5) is 11.8 Å². The molecule has 1 amide bonds. The number of piperazine rings is 1. The van der Waals surface area contributed by atoms with Gasteiger partial charge >= 0.3 is 5.97 Å². The summed E-state index contributed by atoms with van der Waals surface area (Å²) in [5, 5.41) is 35.5. The van der Waals surface area contributed by atoms with Crippen molar-refractivity contribution in [2.75, 3.05) is 76.1 Å². The van der Waals surface area contributed by atoms with E-state index in [1.807, 2.05) is 82.3 Å². The zero-order valence-corrected chi connectivity index (χ0v) is 39.3. The Hall–Kier alpha value is -5.75. The number of aromatic nitrogens is 4. The van der Waals surface area contributed by atoms with Gasteiger partial charge in [-0.15, -0.1) is 10.2 Å². The Morgan fingerprint density at radius 1 is 0.955 bits per heavy atom. The van der Waals surface area contributed by atoms with E-state index in [2.05, 4.69) is 51.6 Å². The van der Waals surface area contributed by atoms with Gasteiger partial charge in [-0.25, -0.2) is 4.98 Å². The number of aldehydes is 1. The van der Waals surface area contributed by atoms with E-state index in [1.165, 1.54) is 6.42 Å². The lowest BCUT2D eigenvalue weighted by atomic mass is 10.0. The fourth-order valence-electron chi connectivity index (χ4n) is 7.57. The number of rotatable bonds is 27. The van der Waals surface area contributed by atoms with E-state index >= 15 is 0 Å². The van der Waals surface area contributed by atoms with Crippen LogP contribution in [0.5, 0.6) is 0 Å². The van der Waals surface area contributed by atoms with Gasteiger partial charge in [0.1, 0.15) is 17.7 Å². The van der Waals surface area contributed by atoms with Crippen LogP contribution < -0.4 is 26.6 Å². The Balaban J connectivity index is 1.000. The van der Waals surface area contributed by atoms with Crippen molar-refractivity contribution in [1.82, 2.24) is 45.9 Å². The molecule has 2 aliphatic rings. The highest BCUT2D eigenvalue weighted by molar-refractivity contribution is 5.78. The van der Waals surface area contributed by atoms with E-state index in [0.717, 1.165) is 114 Å². The molecule has 0 bridgehead atoms. The molecule has 358 valence electrons. The average molecular weight is 910 g/mol. The van der Waals surface area contributed by atoms with Crippen molar-refractivity contribution >= 4 is 29.9 Å². The summed E-state index contributed by atoms with van der Waals surface area (Å²) in [5.74, 6) is 1.16. The number of benzene rings is 1. The van der Waals surface area contributed by atoms with E-state index in [1.54, 1.807) is 12.3 Å². The number of hydrogen-bond donors (Lipinski definition) is 6. The summed E-state index contributed by atoms with van der Waals surface area (Å²) in [5.41, 5.74) is 3.01. The van der Waals surface area contributed by atoms with Gasteiger partial charge in [0.15, 0.2) is 0 Å². The Morgan fingerprint density at radius 3 is 2.41 bits per heavy atom. The highest BCUT2D eigenvalue weighted by atomic mass is 16.6. The number of amides is 1. The van der Waals surface area contributed by atoms with E-state index < -0.39 is 11.6 Å². The lowest BCUT2D eigenvalue weighted by Gasteiger charge is -2.34. The third-order valence-electron chi connectivity index (χ3n) is 11.3. The molecule has 17 heteroatoms. The van der Waals surface area contributed by atoms with Crippen LogP contribution in [0.1, 0.15) is 103 Å². The lowest BCUT2D eigenvalue weighted by Crippen LogP contribution is -2.49. The fraction of sp³-hybridized carbons (Fsp3) is 0.531. The van der Waals surface area contributed by atoms with Gasteiger partial charge in [0.25, 0.3) is 5.89 Å². The first-order valence-electron chi connectivity index (χ1n) is 23.5. The predicted octanol–water partition coefficient (Wildman–Crippen LogP) is 5.83. The largest absolute Gasteiger partial charge is 0.459 e. The van der Waals surface area contributed by atoms with Gasteiger partial charge in [0.05, 0.1) is 37.7 Å². The van der Waals surface area contributed by atoms with E-state index in [0.29, 0.717) is 48.4 Å². The molecule has 1 atom stereocenters. The SMILES string of the molecule is C/C=C\C(NCCCCCCCCNC(=O)CN1CCN(CCCNCc2nnc(-c3cnc(NC4=C/CC(C)(C)OC(=O)C/C=C\4)nc3N[C@H](CO)c3ccccc3)o2)CC1)=C(/C)C=O. The van der Waals surface area contributed by atoms with Crippen molar-refractivity contribution in [3.63, 3.8) is 0 Å². The number of ether oxygens (including phenoxy) is 1. The molecule has 0 spiro atoms. The minimum absolute atomic E-state index is 0.0984. The second kappa shape index (κ2) is 27.7. The molecule has 0 aliphatic carbocycles. The molecule has 1 fully saturated rings. The molecular weight excluding hydrogens is 839 g/mol. The number of allylic oxidation sites excluding steroid dienone is 4. The molecule has 2 aliphatic heterocycles. The number of unbranched alkanes of at least 4 members (excludes halogenated alkanes) is 5. The molecular formula is C49H71N11O6. The molecule has 3 aromatic rings. The third kappa shape index (κ3) is 17.9. The number of esters is 1. The summed E-state index contributed by atoms with van der Waals surface area (Å²) < 4.78 is 11.7. The van der Waals surface area contributed by atoms with Crippen LogP contribution in [-0.2, 0) is 25.7 Å². The Morgan fingerprint density at radius 2 is 1.68 bits per heavy atom. The zero-order valence-electron chi connectivity index (χ0n) is 39.3. The topological polar surface area (TPSA) is 212 Å². The summed E-state index contributed by atoms with van der Waals surface area (Å²) in [7, 11) is 0. The molecule has 0 unspecified atom stereocenters. The Bertz CT molecular complexity index is 2090. The lowest BCUT2D eigenvalue weighted by molar-refractivity contribution is -0.155. The molecule has 5 rings (SSSR count). The van der Waals surface area contributed by atoms with Crippen molar-refractivity contribution < 1.29 is 28.6 Å². The van der Waals surface area contributed by atoms with E-state index in [4.69, 9.17) is 14.1 Å². The van der Waals surface area contributed by atoms with Gasteiger partial charge in [-0.3, -0.25) is 19.3 Å². The summed E-state index contributed by atoms with van der Waals surface area (Å²) in [4.78, 5) is 49.9. The van der Waals surface area contributed by atoms with Crippen molar-refractivity contribution in [2.24, 2.45) is 0 Å². The van der Waals surface area contributed by atoms with Crippen LogP contribution in [-0.4, -0.2) is 124 Å². The summed E-state index contributed by atoms with van der Waals surface area (Å²) in [6.07, 6.45) is 20.1. The maximum atomic E-state index is 12.6. The highest BCUT2D eigenvalue weighted by Crippen LogP contribution is 2.30. The van der Waals surface area contributed by atoms with Crippen LogP contribution in [0.3, 0.4) is 0 Å². The monoisotopic (exact) mass is 910 g/mol. The number of aliphatic hydroxyl groups excluding tert-OH is 1. The third-order valence-corrected chi connectivity index (χ3v) is 11.3. The molecule has 6 N–H and O–H groups in total. The van der Waals surface area contributed by atoms with Gasteiger partial charge in [-0.1, -0.05) is 74.2 Å². The second-order valence-electron chi connectivity index (χ2n) is 17.3. The molecule has 0 radical (unpaired) electrons. The summed E-state index contributed by atoms with van der Waals surface area (Å²) in [6.45, 7) is 15.0. The number of nitrogens with zero attached hydrogens (tertiary/aromatic N) is 6. The zero-order chi connectivity index (χ0) is 47.0. The first-order valence-corrected chi connectivity index (χ1v) is 23.5. The normalized spacial score (nSPS) is 17.9. The fourth-order valence-corrected chi connectivity index (χ4v) is 7.57. The van der Waals surface area contributed by atoms with Gasteiger partial charge in [0.2, 0.25) is 17.7 Å². The average Bonchev–Trinajstić information content (AvgIpc) is 3.80. The molecule has 1 saturated heterocycles. The maximum absolute atomic E-state index is 12.6. The minimum atomic E-state index is -0.670. The molecule has 0 saturated carbocycles. The van der Waals surface area contributed by atoms with Crippen molar-refractivity contribution in [2.45, 2.75) is 104 Å². The summed E-state index contributed by atoms with van der Waals surface area (Å²) in [6, 6.07) is 9.12. The minimum Gasteiger partial charge on any atom is -0.459 e.